The molecule has 0 radical (unpaired) electrons. The molecule has 1 aromatic carbocycles. The minimum atomic E-state index is 0.242. The number of nitrogens with one attached hydrogen (secondary N) is 2. The largest absolute Gasteiger partial charge is 0.507 e. The van der Waals surface area contributed by atoms with Crippen molar-refractivity contribution in [2.75, 3.05) is 0 Å². The zero-order valence-corrected chi connectivity index (χ0v) is 7.90. The topological polar surface area (TPSA) is 65.1 Å². The maximum atomic E-state index is 10.1. The van der Waals surface area contributed by atoms with Gasteiger partial charge in [-0.2, -0.15) is 0 Å². The van der Waals surface area contributed by atoms with Crippen LogP contribution >= 0.6 is 0 Å². The molecular weight excluding hydrogens is 192 g/mol. The Morgan fingerprint density at radius 2 is 2.20 bits per heavy atom. The molecule has 3 N–H and O–H groups in total. The zero-order chi connectivity index (χ0) is 10.7. The van der Waals surface area contributed by atoms with E-state index in [2.05, 4.69) is 10.3 Å². The molecule has 1 amide bonds. The van der Waals surface area contributed by atoms with E-state index in [9.17, 15) is 9.90 Å². The van der Waals surface area contributed by atoms with Crippen molar-refractivity contribution in [3.8, 4) is 5.75 Å². The SMILES string of the molecule is O=CNC=Cc1ccc(O)c2cc[nH]c12. The van der Waals surface area contributed by atoms with E-state index in [1.165, 1.54) is 0 Å². The first-order valence-corrected chi connectivity index (χ1v) is 4.48. The molecule has 0 aliphatic rings. The van der Waals surface area contributed by atoms with Gasteiger partial charge in [0.05, 0.1) is 5.52 Å². The second-order valence-corrected chi connectivity index (χ2v) is 3.06. The number of fused-ring (bicyclic) bond motifs is 1. The van der Waals surface area contributed by atoms with Crippen molar-refractivity contribution in [2.45, 2.75) is 0 Å². The molecule has 4 nitrogen and oxygen atoms in total. The molecule has 4 heteroatoms. The van der Waals surface area contributed by atoms with E-state index >= 15 is 0 Å². The summed E-state index contributed by atoms with van der Waals surface area (Å²) in [7, 11) is 0. The van der Waals surface area contributed by atoms with Crippen LogP contribution in [0.15, 0.2) is 30.6 Å². The van der Waals surface area contributed by atoms with E-state index in [0.717, 1.165) is 16.5 Å². The van der Waals surface area contributed by atoms with Crippen LogP contribution in [0.3, 0.4) is 0 Å². The fourth-order valence-corrected chi connectivity index (χ4v) is 1.48. The molecule has 1 heterocycles. The zero-order valence-electron chi connectivity index (χ0n) is 7.90. The lowest BCUT2D eigenvalue weighted by molar-refractivity contribution is -0.108. The van der Waals surface area contributed by atoms with Gasteiger partial charge in [0.25, 0.3) is 0 Å². The summed E-state index contributed by atoms with van der Waals surface area (Å²) >= 11 is 0. The number of hydrogen-bond acceptors (Lipinski definition) is 2. The number of hydrogen-bond donors (Lipinski definition) is 3. The van der Waals surface area contributed by atoms with Gasteiger partial charge in [-0.25, -0.2) is 0 Å². The Morgan fingerprint density at radius 1 is 1.33 bits per heavy atom. The summed E-state index contributed by atoms with van der Waals surface area (Å²) in [5, 5.41) is 12.7. The van der Waals surface area contributed by atoms with Gasteiger partial charge in [-0.05, 0) is 24.3 Å². The molecule has 0 saturated carbocycles. The Balaban J connectivity index is 2.47. The summed E-state index contributed by atoms with van der Waals surface area (Å²) in [4.78, 5) is 13.1. The highest BCUT2D eigenvalue weighted by molar-refractivity contribution is 5.92. The van der Waals surface area contributed by atoms with Crippen molar-refractivity contribution < 1.29 is 9.90 Å². The van der Waals surface area contributed by atoms with Crippen LogP contribution in [0.5, 0.6) is 5.75 Å². The van der Waals surface area contributed by atoms with Gasteiger partial charge < -0.3 is 15.4 Å². The number of aromatic amines is 1. The average molecular weight is 202 g/mol. The third-order valence-electron chi connectivity index (χ3n) is 2.16. The lowest BCUT2D eigenvalue weighted by Crippen LogP contribution is -1.97. The molecule has 1 aromatic heterocycles. The highest BCUT2D eigenvalue weighted by Crippen LogP contribution is 2.26. The van der Waals surface area contributed by atoms with E-state index < -0.39 is 0 Å². The monoisotopic (exact) mass is 202 g/mol. The summed E-state index contributed by atoms with van der Waals surface area (Å²) in [6.07, 6.45) is 5.66. The van der Waals surface area contributed by atoms with E-state index in [1.54, 1.807) is 36.7 Å². The fourth-order valence-electron chi connectivity index (χ4n) is 1.48. The molecule has 0 aliphatic carbocycles. The third-order valence-corrected chi connectivity index (χ3v) is 2.16. The van der Waals surface area contributed by atoms with E-state index in [1.807, 2.05) is 0 Å². The molecular formula is C11H10N2O2. The number of phenolic OH excluding ortho intramolecular Hbond substituents is 1. The van der Waals surface area contributed by atoms with Gasteiger partial charge in [0.15, 0.2) is 0 Å². The summed E-state index contributed by atoms with van der Waals surface area (Å²) < 4.78 is 0. The van der Waals surface area contributed by atoms with Crippen LogP contribution < -0.4 is 5.32 Å². The lowest BCUT2D eigenvalue weighted by atomic mass is 10.1. The summed E-state index contributed by atoms with van der Waals surface area (Å²) in [6.45, 7) is 0. The smallest absolute Gasteiger partial charge is 0.211 e. The summed E-state index contributed by atoms with van der Waals surface area (Å²) in [6, 6.07) is 5.20. The van der Waals surface area contributed by atoms with Crippen molar-refractivity contribution in [1.82, 2.24) is 10.3 Å². The molecule has 0 atom stereocenters. The lowest BCUT2D eigenvalue weighted by Gasteiger charge is -1.99. The number of carbonyl (C=O) groups is 1. The molecule has 15 heavy (non-hydrogen) atoms. The molecule has 0 fully saturated rings. The highest BCUT2D eigenvalue weighted by atomic mass is 16.3. The van der Waals surface area contributed by atoms with Gasteiger partial charge in [-0.15, -0.1) is 0 Å². The number of carbonyl (C=O) groups excluding carboxylic acids is 1. The van der Waals surface area contributed by atoms with E-state index in [4.69, 9.17) is 0 Å². The van der Waals surface area contributed by atoms with Crippen LogP contribution in [-0.2, 0) is 4.79 Å². The number of benzene rings is 1. The Hall–Kier alpha value is -2.23. The standard InChI is InChI=1S/C11H10N2O2/c14-7-12-5-3-8-1-2-10(15)9-4-6-13-11(8)9/h1-7,13,15H,(H,12,14). The van der Waals surface area contributed by atoms with Crippen molar-refractivity contribution in [3.63, 3.8) is 0 Å². The van der Waals surface area contributed by atoms with Gasteiger partial charge in [0.2, 0.25) is 6.41 Å². The van der Waals surface area contributed by atoms with Crippen LogP contribution in [0, 0.1) is 0 Å². The second kappa shape index (κ2) is 3.88. The van der Waals surface area contributed by atoms with Crippen molar-refractivity contribution in [2.24, 2.45) is 0 Å². The van der Waals surface area contributed by atoms with Gasteiger partial charge in [-0.3, -0.25) is 4.79 Å². The average Bonchev–Trinajstić information content (AvgIpc) is 2.71. The van der Waals surface area contributed by atoms with Gasteiger partial charge in [-0.1, -0.05) is 0 Å². The van der Waals surface area contributed by atoms with Crippen molar-refractivity contribution >= 4 is 23.4 Å². The summed E-state index contributed by atoms with van der Waals surface area (Å²) in [5.74, 6) is 0.242. The third kappa shape index (κ3) is 1.69. The molecule has 2 aromatic rings. The molecule has 76 valence electrons. The second-order valence-electron chi connectivity index (χ2n) is 3.06. The first-order valence-electron chi connectivity index (χ1n) is 4.48. The minimum absolute atomic E-state index is 0.242. The van der Waals surface area contributed by atoms with Gasteiger partial charge in [0, 0.05) is 23.3 Å². The van der Waals surface area contributed by atoms with Crippen molar-refractivity contribution in [1.29, 1.82) is 0 Å². The van der Waals surface area contributed by atoms with Crippen LogP contribution in [0.2, 0.25) is 0 Å². The Kier molecular flexibility index (Phi) is 2.41. The van der Waals surface area contributed by atoms with Crippen LogP contribution in [-0.4, -0.2) is 16.5 Å². The van der Waals surface area contributed by atoms with E-state index in [0.29, 0.717) is 6.41 Å². The predicted molar refractivity (Wildman–Crippen MR) is 58.2 cm³/mol. The number of rotatable bonds is 3. The number of amides is 1. The number of H-pyrrole nitrogens is 1. The maximum Gasteiger partial charge on any atom is 0.211 e. The van der Waals surface area contributed by atoms with E-state index in [-0.39, 0.29) is 5.75 Å². The maximum absolute atomic E-state index is 10.1. The number of phenols is 1. The minimum Gasteiger partial charge on any atom is -0.507 e. The first-order chi connectivity index (χ1) is 7.33. The fraction of sp³-hybridized carbons (Fsp3) is 0. The van der Waals surface area contributed by atoms with Gasteiger partial charge >= 0.3 is 0 Å². The Labute approximate surface area is 86.2 Å². The van der Waals surface area contributed by atoms with Crippen LogP contribution in [0.1, 0.15) is 5.56 Å². The Morgan fingerprint density at radius 3 is 3.00 bits per heavy atom. The molecule has 0 saturated heterocycles. The van der Waals surface area contributed by atoms with Crippen molar-refractivity contribution in [3.05, 3.63) is 36.2 Å². The van der Waals surface area contributed by atoms with Gasteiger partial charge in [0.1, 0.15) is 5.75 Å². The quantitative estimate of drug-likeness (QED) is 0.662. The predicted octanol–water partition coefficient (Wildman–Crippen LogP) is 1.59. The first kappa shape index (κ1) is 9.33. The van der Waals surface area contributed by atoms with Crippen LogP contribution in [0.4, 0.5) is 0 Å². The summed E-state index contributed by atoms with van der Waals surface area (Å²) in [5.41, 5.74) is 1.75. The molecule has 0 spiro atoms. The number of aromatic hydroxyl groups is 1. The Bertz CT molecular complexity index is 514. The molecule has 0 unspecified atom stereocenters. The molecule has 2 rings (SSSR count). The van der Waals surface area contributed by atoms with Crippen LogP contribution in [0.25, 0.3) is 17.0 Å². The highest BCUT2D eigenvalue weighted by Gasteiger charge is 2.03. The molecule has 0 aliphatic heterocycles. The number of aromatic nitrogens is 1. The molecule has 0 bridgehead atoms. The normalized spacial score (nSPS) is 10.9.